The van der Waals surface area contributed by atoms with Crippen LogP contribution in [0.25, 0.3) is 0 Å². The predicted molar refractivity (Wildman–Crippen MR) is 66.9 cm³/mol. The van der Waals surface area contributed by atoms with Gasteiger partial charge in [-0.05, 0) is 44.9 Å². The summed E-state index contributed by atoms with van der Waals surface area (Å²) < 4.78 is 5.75. The number of amides is 1. The van der Waals surface area contributed by atoms with Crippen LogP contribution in [-0.2, 0) is 9.53 Å². The smallest absolute Gasteiger partial charge is 0.225 e. The van der Waals surface area contributed by atoms with Crippen molar-refractivity contribution in [2.45, 2.75) is 44.8 Å². The van der Waals surface area contributed by atoms with Gasteiger partial charge in [-0.15, -0.1) is 0 Å². The molecule has 4 heteroatoms. The fourth-order valence-corrected chi connectivity index (χ4v) is 3.73. The van der Waals surface area contributed by atoms with Crippen LogP contribution in [0.2, 0.25) is 0 Å². The summed E-state index contributed by atoms with van der Waals surface area (Å²) in [6.45, 7) is 5.16. The molecule has 2 aliphatic carbocycles. The lowest BCUT2D eigenvalue weighted by Gasteiger charge is -2.43. The summed E-state index contributed by atoms with van der Waals surface area (Å²) in [5.41, 5.74) is -0.344. The van der Waals surface area contributed by atoms with Crippen molar-refractivity contribution in [2.75, 3.05) is 19.7 Å². The molecule has 0 bridgehead atoms. The Morgan fingerprint density at radius 2 is 2.00 bits per heavy atom. The van der Waals surface area contributed by atoms with Crippen molar-refractivity contribution in [3.63, 3.8) is 0 Å². The maximum atomic E-state index is 12.5. The second-order valence-electron chi connectivity index (χ2n) is 6.83. The third-order valence-corrected chi connectivity index (χ3v) is 4.59. The van der Waals surface area contributed by atoms with Crippen molar-refractivity contribution in [1.29, 1.82) is 0 Å². The molecule has 3 atom stereocenters. The lowest BCUT2D eigenvalue weighted by molar-refractivity contribution is -0.169. The van der Waals surface area contributed by atoms with Crippen molar-refractivity contribution < 1.29 is 14.6 Å². The first-order valence-corrected chi connectivity index (χ1v) is 7.06. The Kier molecular flexibility index (Phi) is 2.90. The molecule has 1 amide bonds. The van der Waals surface area contributed by atoms with Gasteiger partial charge >= 0.3 is 0 Å². The van der Waals surface area contributed by atoms with Crippen LogP contribution in [0.4, 0.5) is 0 Å². The highest BCUT2D eigenvalue weighted by atomic mass is 16.5. The third kappa shape index (κ3) is 2.28. The summed E-state index contributed by atoms with van der Waals surface area (Å²) in [6.07, 6.45) is 3.29. The molecule has 1 saturated heterocycles. The quantitative estimate of drug-likeness (QED) is 0.799. The lowest BCUT2D eigenvalue weighted by Crippen LogP contribution is -2.56. The van der Waals surface area contributed by atoms with Crippen molar-refractivity contribution in [1.82, 2.24) is 4.90 Å². The normalized spacial score (nSPS) is 41.6. The number of carbonyl (C=O) groups is 1. The van der Waals surface area contributed by atoms with E-state index in [2.05, 4.69) is 0 Å². The number of carbonyl (C=O) groups excluding carboxylic acids is 1. The minimum absolute atomic E-state index is 0.0108. The number of aliphatic hydroxyl groups excluding tert-OH is 1. The molecule has 1 aliphatic heterocycles. The Bertz CT molecular complexity index is 345. The highest BCUT2D eigenvalue weighted by Gasteiger charge is 2.49. The molecule has 1 heterocycles. The summed E-state index contributed by atoms with van der Waals surface area (Å²) in [4.78, 5) is 14.4. The Hall–Kier alpha value is -0.610. The molecule has 4 nitrogen and oxygen atoms in total. The van der Waals surface area contributed by atoms with E-state index in [1.54, 1.807) is 0 Å². The first kappa shape index (κ1) is 12.4. The van der Waals surface area contributed by atoms with E-state index in [0.29, 0.717) is 13.1 Å². The Labute approximate surface area is 108 Å². The summed E-state index contributed by atoms with van der Waals surface area (Å²) in [5.74, 6) is 2.20. The van der Waals surface area contributed by atoms with Gasteiger partial charge in [-0.3, -0.25) is 4.79 Å². The molecule has 2 saturated carbocycles. The van der Waals surface area contributed by atoms with Gasteiger partial charge in [0.05, 0.1) is 18.3 Å². The van der Waals surface area contributed by atoms with Gasteiger partial charge in [-0.25, -0.2) is 0 Å². The number of fused-ring (bicyclic) bond motifs is 1. The minimum atomic E-state index is -0.344. The number of nitrogens with zero attached hydrogens (tertiary/aromatic N) is 1. The summed E-state index contributed by atoms with van der Waals surface area (Å²) in [6, 6.07) is 0. The van der Waals surface area contributed by atoms with Gasteiger partial charge in [-0.2, -0.15) is 0 Å². The second-order valence-corrected chi connectivity index (χ2v) is 6.83. The fraction of sp³-hybridized carbons (Fsp3) is 0.929. The molecule has 1 N–H and O–H groups in total. The number of hydrogen-bond acceptors (Lipinski definition) is 3. The van der Waals surface area contributed by atoms with Gasteiger partial charge in [0.25, 0.3) is 0 Å². The topological polar surface area (TPSA) is 49.8 Å². The third-order valence-electron chi connectivity index (χ3n) is 4.59. The first-order chi connectivity index (χ1) is 8.48. The van der Waals surface area contributed by atoms with Crippen LogP contribution in [0.5, 0.6) is 0 Å². The Balaban J connectivity index is 1.65. The number of rotatable bonds is 2. The monoisotopic (exact) mass is 253 g/mol. The van der Waals surface area contributed by atoms with E-state index >= 15 is 0 Å². The zero-order valence-electron chi connectivity index (χ0n) is 11.3. The van der Waals surface area contributed by atoms with Crippen molar-refractivity contribution in [2.24, 2.45) is 17.8 Å². The van der Waals surface area contributed by atoms with Crippen LogP contribution < -0.4 is 0 Å². The zero-order valence-corrected chi connectivity index (χ0v) is 11.3. The molecular formula is C14H23NO3. The summed E-state index contributed by atoms with van der Waals surface area (Å²) in [7, 11) is 0. The van der Waals surface area contributed by atoms with E-state index in [0.717, 1.165) is 24.7 Å². The highest BCUT2D eigenvalue weighted by Crippen LogP contribution is 2.54. The summed E-state index contributed by atoms with van der Waals surface area (Å²) in [5, 5.41) is 9.27. The maximum Gasteiger partial charge on any atom is 0.225 e. The van der Waals surface area contributed by atoms with Gasteiger partial charge in [0.15, 0.2) is 0 Å². The molecule has 0 aromatic rings. The van der Waals surface area contributed by atoms with Crippen LogP contribution in [0.3, 0.4) is 0 Å². The highest BCUT2D eigenvalue weighted by molar-refractivity contribution is 5.79. The van der Waals surface area contributed by atoms with Gasteiger partial charge < -0.3 is 14.7 Å². The molecule has 0 aromatic carbocycles. The van der Waals surface area contributed by atoms with Crippen LogP contribution in [-0.4, -0.2) is 47.3 Å². The zero-order chi connectivity index (χ0) is 12.9. The van der Waals surface area contributed by atoms with Gasteiger partial charge in [0, 0.05) is 19.0 Å². The van der Waals surface area contributed by atoms with E-state index < -0.39 is 0 Å². The van der Waals surface area contributed by atoms with Crippen LogP contribution in [0, 0.1) is 17.8 Å². The molecule has 3 rings (SSSR count). The van der Waals surface area contributed by atoms with E-state index in [-0.39, 0.29) is 30.1 Å². The average Bonchev–Trinajstić information content (AvgIpc) is 2.93. The SMILES string of the molecule is CC1(C)CN(C(=O)C2CC3CC3C2)CC(CO)O1. The largest absolute Gasteiger partial charge is 0.394 e. The molecule has 0 aromatic heterocycles. The number of morpholine rings is 1. The molecule has 3 fully saturated rings. The van der Waals surface area contributed by atoms with E-state index in [9.17, 15) is 9.90 Å². The van der Waals surface area contributed by atoms with Crippen LogP contribution in [0.1, 0.15) is 33.1 Å². The van der Waals surface area contributed by atoms with Crippen molar-refractivity contribution >= 4 is 5.91 Å². The average molecular weight is 253 g/mol. The molecular weight excluding hydrogens is 230 g/mol. The fourth-order valence-electron chi connectivity index (χ4n) is 3.73. The Morgan fingerprint density at radius 1 is 1.33 bits per heavy atom. The van der Waals surface area contributed by atoms with Gasteiger partial charge in [0.2, 0.25) is 5.91 Å². The van der Waals surface area contributed by atoms with E-state index in [4.69, 9.17) is 4.74 Å². The summed E-state index contributed by atoms with van der Waals surface area (Å²) >= 11 is 0. The lowest BCUT2D eigenvalue weighted by atomic mass is 9.98. The Morgan fingerprint density at radius 3 is 2.61 bits per heavy atom. The number of aliphatic hydroxyl groups is 1. The van der Waals surface area contributed by atoms with E-state index in [1.807, 2.05) is 18.7 Å². The van der Waals surface area contributed by atoms with Crippen LogP contribution in [0.15, 0.2) is 0 Å². The number of ether oxygens (including phenoxy) is 1. The minimum Gasteiger partial charge on any atom is -0.394 e. The molecule has 0 spiro atoms. The van der Waals surface area contributed by atoms with Gasteiger partial charge in [0.1, 0.15) is 0 Å². The standard InChI is InChI=1S/C14H23NO3/c1-14(2)8-15(6-12(7-16)18-14)13(17)11-4-9-3-10(9)5-11/h9-12,16H,3-8H2,1-2H3. The second kappa shape index (κ2) is 4.20. The molecule has 0 radical (unpaired) electrons. The number of hydrogen-bond donors (Lipinski definition) is 1. The molecule has 3 aliphatic rings. The predicted octanol–water partition coefficient (Wildman–Crippen LogP) is 1.03. The molecule has 18 heavy (non-hydrogen) atoms. The molecule has 3 unspecified atom stereocenters. The first-order valence-electron chi connectivity index (χ1n) is 7.06. The van der Waals surface area contributed by atoms with E-state index in [1.165, 1.54) is 6.42 Å². The van der Waals surface area contributed by atoms with Crippen LogP contribution >= 0.6 is 0 Å². The molecule has 102 valence electrons. The van der Waals surface area contributed by atoms with Crippen molar-refractivity contribution in [3.8, 4) is 0 Å². The maximum absolute atomic E-state index is 12.5. The van der Waals surface area contributed by atoms with Gasteiger partial charge in [-0.1, -0.05) is 0 Å². The van der Waals surface area contributed by atoms with Crippen molar-refractivity contribution in [3.05, 3.63) is 0 Å².